The van der Waals surface area contributed by atoms with E-state index in [-0.39, 0.29) is 16.3 Å². The number of carbonyl (C=O) groups excluding carboxylic acids is 2. The lowest BCUT2D eigenvalue weighted by Gasteiger charge is -2.11. The Hall–Kier alpha value is -3.37. The van der Waals surface area contributed by atoms with Crippen LogP contribution in [0.1, 0.15) is 5.56 Å². The largest absolute Gasteiger partial charge is 0.451 e. The highest BCUT2D eigenvalue weighted by Gasteiger charge is 2.14. The third kappa shape index (κ3) is 5.83. The minimum Gasteiger partial charge on any atom is -0.451 e. The summed E-state index contributed by atoms with van der Waals surface area (Å²) < 4.78 is 18.0. The van der Waals surface area contributed by atoms with Crippen LogP contribution in [0.2, 0.25) is 5.02 Å². The van der Waals surface area contributed by atoms with Crippen molar-refractivity contribution < 1.29 is 18.7 Å². The zero-order valence-corrected chi connectivity index (χ0v) is 16.0. The SMILES string of the molecule is CN(C)c1ccc(/C=C(\C#N)C(=O)OCC(=O)Nc2ccc(F)c(Cl)c2)cc1. The maximum Gasteiger partial charge on any atom is 0.349 e. The van der Waals surface area contributed by atoms with Crippen LogP contribution in [-0.2, 0) is 14.3 Å². The number of carbonyl (C=O) groups is 2. The molecule has 0 aromatic heterocycles. The normalized spacial score (nSPS) is 10.8. The van der Waals surface area contributed by atoms with Gasteiger partial charge in [-0.15, -0.1) is 0 Å². The molecule has 2 rings (SSSR count). The zero-order chi connectivity index (χ0) is 20.7. The second-order valence-electron chi connectivity index (χ2n) is 5.91. The third-order valence-corrected chi connectivity index (χ3v) is 3.89. The van der Waals surface area contributed by atoms with Crippen LogP contribution in [0.15, 0.2) is 48.0 Å². The molecule has 0 radical (unpaired) electrons. The Kier molecular flexibility index (Phi) is 7.13. The van der Waals surface area contributed by atoms with Gasteiger partial charge in [-0.2, -0.15) is 5.26 Å². The molecule has 0 heterocycles. The average Bonchev–Trinajstić information content (AvgIpc) is 2.67. The van der Waals surface area contributed by atoms with Crippen LogP contribution in [0.5, 0.6) is 0 Å². The van der Waals surface area contributed by atoms with Gasteiger partial charge in [0.15, 0.2) is 6.61 Å². The molecule has 6 nitrogen and oxygen atoms in total. The van der Waals surface area contributed by atoms with E-state index in [9.17, 15) is 19.2 Å². The minimum atomic E-state index is -0.925. The number of hydrogen-bond donors (Lipinski definition) is 1. The first kappa shape index (κ1) is 20.9. The van der Waals surface area contributed by atoms with Gasteiger partial charge in [0.05, 0.1) is 5.02 Å². The van der Waals surface area contributed by atoms with Crippen molar-refractivity contribution in [1.29, 1.82) is 5.26 Å². The molecule has 144 valence electrons. The summed E-state index contributed by atoms with van der Waals surface area (Å²) in [6.45, 7) is -0.605. The lowest BCUT2D eigenvalue weighted by Crippen LogP contribution is -2.21. The lowest BCUT2D eigenvalue weighted by molar-refractivity contribution is -0.142. The number of hydrogen-bond acceptors (Lipinski definition) is 5. The summed E-state index contributed by atoms with van der Waals surface area (Å²) in [6.07, 6.45) is 1.37. The number of nitrogens with zero attached hydrogens (tertiary/aromatic N) is 2. The Labute approximate surface area is 166 Å². The van der Waals surface area contributed by atoms with Crippen molar-refractivity contribution in [2.24, 2.45) is 0 Å². The first-order valence-electron chi connectivity index (χ1n) is 8.11. The predicted octanol–water partition coefficient (Wildman–Crippen LogP) is 3.63. The molecule has 0 aliphatic heterocycles. The van der Waals surface area contributed by atoms with Gasteiger partial charge in [-0.1, -0.05) is 23.7 Å². The second-order valence-corrected chi connectivity index (χ2v) is 6.32. The molecule has 0 aliphatic rings. The zero-order valence-electron chi connectivity index (χ0n) is 15.2. The molecule has 0 saturated carbocycles. The van der Waals surface area contributed by atoms with Crippen LogP contribution in [0, 0.1) is 17.1 Å². The van der Waals surface area contributed by atoms with Crippen LogP contribution in [0.25, 0.3) is 6.08 Å². The smallest absolute Gasteiger partial charge is 0.349 e. The standard InChI is InChI=1S/C20H17ClFN3O3/c1-25(2)16-6-3-13(4-7-16)9-14(11-23)20(27)28-12-19(26)24-15-5-8-18(22)17(21)10-15/h3-10H,12H2,1-2H3,(H,24,26)/b14-9+. The number of nitriles is 1. The molecule has 0 bridgehead atoms. The fourth-order valence-electron chi connectivity index (χ4n) is 2.15. The van der Waals surface area contributed by atoms with Gasteiger partial charge in [-0.25, -0.2) is 9.18 Å². The first-order chi connectivity index (χ1) is 13.3. The first-order valence-corrected chi connectivity index (χ1v) is 8.49. The van der Waals surface area contributed by atoms with E-state index in [4.69, 9.17) is 16.3 Å². The van der Waals surface area contributed by atoms with Gasteiger partial charge in [-0.05, 0) is 42.0 Å². The van der Waals surface area contributed by atoms with E-state index in [1.807, 2.05) is 31.1 Å². The van der Waals surface area contributed by atoms with Gasteiger partial charge in [0.2, 0.25) is 0 Å². The van der Waals surface area contributed by atoms with Gasteiger partial charge < -0.3 is 15.0 Å². The van der Waals surface area contributed by atoms with Gasteiger partial charge in [0, 0.05) is 25.5 Å². The van der Waals surface area contributed by atoms with Crippen molar-refractivity contribution in [3.63, 3.8) is 0 Å². The topological polar surface area (TPSA) is 82.4 Å². The maximum absolute atomic E-state index is 13.1. The number of ether oxygens (including phenoxy) is 1. The Morgan fingerprint density at radius 1 is 1.25 bits per heavy atom. The second kappa shape index (κ2) is 9.53. The van der Waals surface area contributed by atoms with Crippen molar-refractivity contribution in [3.8, 4) is 6.07 Å². The minimum absolute atomic E-state index is 0.148. The highest BCUT2D eigenvalue weighted by molar-refractivity contribution is 6.31. The van der Waals surface area contributed by atoms with E-state index in [0.29, 0.717) is 5.56 Å². The van der Waals surface area contributed by atoms with Gasteiger partial charge in [0.25, 0.3) is 5.91 Å². The molecule has 0 aliphatic carbocycles. The molecule has 1 N–H and O–H groups in total. The predicted molar refractivity (Wildman–Crippen MR) is 105 cm³/mol. The number of benzene rings is 2. The molecule has 0 fully saturated rings. The van der Waals surface area contributed by atoms with Crippen LogP contribution in [0.4, 0.5) is 15.8 Å². The van der Waals surface area contributed by atoms with E-state index in [0.717, 1.165) is 11.8 Å². The highest BCUT2D eigenvalue weighted by Crippen LogP contribution is 2.19. The molecule has 0 spiro atoms. The molecule has 1 amide bonds. The average molecular weight is 402 g/mol. The fraction of sp³-hybridized carbons (Fsp3) is 0.150. The molecule has 28 heavy (non-hydrogen) atoms. The number of rotatable bonds is 6. The van der Waals surface area contributed by atoms with Crippen molar-refractivity contribution in [2.45, 2.75) is 0 Å². The molecule has 0 unspecified atom stereocenters. The highest BCUT2D eigenvalue weighted by atomic mass is 35.5. The number of halogens is 2. The molecular weight excluding hydrogens is 385 g/mol. The van der Waals surface area contributed by atoms with Crippen molar-refractivity contribution in [3.05, 3.63) is 64.4 Å². The quantitative estimate of drug-likeness (QED) is 0.454. The van der Waals surface area contributed by atoms with E-state index in [2.05, 4.69) is 5.32 Å². The van der Waals surface area contributed by atoms with Gasteiger partial charge in [-0.3, -0.25) is 4.79 Å². The Morgan fingerprint density at radius 3 is 2.50 bits per heavy atom. The van der Waals surface area contributed by atoms with E-state index in [1.165, 1.54) is 18.2 Å². The van der Waals surface area contributed by atoms with Crippen LogP contribution >= 0.6 is 11.6 Å². The van der Waals surface area contributed by atoms with Crippen LogP contribution in [0.3, 0.4) is 0 Å². The van der Waals surface area contributed by atoms with Crippen molar-refractivity contribution in [2.75, 3.05) is 30.9 Å². The lowest BCUT2D eigenvalue weighted by atomic mass is 10.1. The Balaban J connectivity index is 1.96. The summed E-state index contributed by atoms with van der Waals surface area (Å²) in [4.78, 5) is 25.8. The molecule has 2 aromatic rings. The van der Waals surface area contributed by atoms with Crippen molar-refractivity contribution in [1.82, 2.24) is 0 Å². The van der Waals surface area contributed by atoms with E-state index < -0.39 is 24.3 Å². The number of amides is 1. The number of esters is 1. The fourth-order valence-corrected chi connectivity index (χ4v) is 2.33. The van der Waals surface area contributed by atoms with Crippen LogP contribution < -0.4 is 10.2 Å². The Morgan fingerprint density at radius 2 is 1.93 bits per heavy atom. The summed E-state index contributed by atoms with van der Waals surface area (Å²) in [7, 11) is 3.79. The monoisotopic (exact) mass is 401 g/mol. The summed E-state index contributed by atoms with van der Waals surface area (Å²) in [5.41, 5.74) is 1.63. The Bertz CT molecular complexity index is 950. The van der Waals surface area contributed by atoms with E-state index in [1.54, 1.807) is 18.2 Å². The number of nitrogens with one attached hydrogen (secondary N) is 1. The van der Waals surface area contributed by atoms with E-state index >= 15 is 0 Å². The number of anilines is 2. The molecular formula is C20H17ClFN3O3. The molecule has 2 aromatic carbocycles. The van der Waals surface area contributed by atoms with Crippen LogP contribution in [-0.4, -0.2) is 32.6 Å². The van der Waals surface area contributed by atoms with Gasteiger partial charge in [0.1, 0.15) is 17.5 Å². The third-order valence-electron chi connectivity index (χ3n) is 3.60. The van der Waals surface area contributed by atoms with Gasteiger partial charge >= 0.3 is 5.97 Å². The van der Waals surface area contributed by atoms with Crippen molar-refractivity contribution >= 4 is 40.9 Å². The summed E-state index contributed by atoms with van der Waals surface area (Å²) >= 11 is 5.63. The molecule has 0 atom stereocenters. The molecule has 8 heteroatoms. The summed E-state index contributed by atoms with van der Waals surface area (Å²) in [6, 6.07) is 12.6. The summed E-state index contributed by atoms with van der Waals surface area (Å²) in [5, 5.41) is 11.4. The molecule has 0 saturated heterocycles. The maximum atomic E-state index is 13.1. The summed E-state index contributed by atoms with van der Waals surface area (Å²) in [5.74, 6) is -2.19.